The Kier molecular flexibility index (Phi) is 5.87. The van der Waals surface area contributed by atoms with Crippen LogP contribution in [-0.2, 0) is 4.79 Å². The molecule has 2 aliphatic heterocycles. The number of hydrogen-bond acceptors (Lipinski definition) is 3. The highest BCUT2D eigenvalue weighted by Gasteiger charge is 2.34. The number of hydrogen-bond donors (Lipinski definition) is 1. The van der Waals surface area contributed by atoms with Gasteiger partial charge in [-0.2, -0.15) is 0 Å². The Morgan fingerprint density at radius 2 is 2.00 bits per heavy atom. The molecule has 2 unspecified atom stereocenters. The van der Waals surface area contributed by atoms with Crippen molar-refractivity contribution in [3.05, 3.63) is 24.0 Å². The molecule has 2 fully saturated rings. The summed E-state index contributed by atoms with van der Waals surface area (Å²) in [6.07, 6.45) is 5.16. The molecule has 4 nitrogen and oxygen atoms in total. The Hall–Kier alpha value is -1.33. The topological polar surface area (TPSA) is 41.6 Å². The lowest BCUT2D eigenvalue weighted by molar-refractivity contribution is -0.119. The molecule has 0 spiro atoms. The first-order valence-corrected chi connectivity index (χ1v) is 7.93. The van der Waals surface area contributed by atoms with Crippen molar-refractivity contribution in [1.29, 1.82) is 0 Å². The number of methoxy groups -OCH3 is 1. The number of rotatable bonds is 4. The highest BCUT2D eigenvalue weighted by molar-refractivity contribution is 5.93. The average Bonchev–Trinajstić information content (AvgIpc) is 2.85. The summed E-state index contributed by atoms with van der Waals surface area (Å²) in [5.41, 5.74) is 0.570. The van der Waals surface area contributed by atoms with Gasteiger partial charge in [0.1, 0.15) is 0 Å². The van der Waals surface area contributed by atoms with E-state index < -0.39 is 5.82 Å². The van der Waals surface area contributed by atoms with E-state index in [0.29, 0.717) is 30.1 Å². The minimum absolute atomic E-state index is 0. The molecule has 1 amide bonds. The van der Waals surface area contributed by atoms with E-state index in [1.165, 1.54) is 26.0 Å². The third-order valence-corrected chi connectivity index (χ3v) is 4.93. The van der Waals surface area contributed by atoms with Gasteiger partial charge in [-0.3, -0.25) is 4.79 Å². The van der Waals surface area contributed by atoms with Crippen molar-refractivity contribution in [3.8, 4) is 5.75 Å². The minimum Gasteiger partial charge on any atom is -0.494 e. The van der Waals surface area contributed by atoms with Gasteiger partial charge in [0.05, 0.1) is 7.11 Å². The molecule has 3 rings (SSSR count). The van der Waals surface area contributed by atoms with Gasteiger partial charge in [0.15, 0.2) is 11.6 Å². The Morgan fingerprint density at radius 1 is 1.35 bits per heavy atom. The van der Waals surface area contributed by atoms with Crippen molar-refractivity contribution >= 4 is 24.0 Å². The Balaban J connectivity index is 0.00000192. The summed E-state index contributed by atoms with van der Waals surface area (Å²) in [4.78, 5) is 14.0. The van der Waals surface area contributed by atoms with E-state index in [9.17, 15) is 9.18 Å². The molecule has 2 heterocycles. The molecule has 1 aromatic carbocycles. The Bertz CT molecular complexity index is 558. The lowest BCUT2D eigenvalue weighted by atomic mass is 9.89. The first-order chi connectivity index (χ1) is 10.6. The van der Waals surface area contributed by atoms with E-state index in [2.05, 4.69) is 5.32 Å². The monoisotopic (exact) mass is 342 g/mol. The summed E-state index contributed by atoms with van der Waals surface area (Å²) in [5.74, 6) is 0.242. The number of amides is 1. The van der Waals surface area contributed by atoms with Crippen LogP contribution in [0, 0.1) is 11.7 Å². The van der Waals surface area contributed by atoms with Crippen molar-refractivity contribution in [2.24, 2.45) is 5.92 Å². The second-order valence-electron chi connectivity index (χ2n) is 6.45. The fourth-order valence-corrected chi connectivity index (χ4v) is 3.73. The zero-order valence-electron chi connectivity index (χ0n) is 13.5. The van der Waals surface area contributed by atoms with Gasteiger partial charge in [0, 0.05) is 37.3 Å². The summed E-state index contributed by atoms with van der Waals surface area (Å²) >= 11 is 0. The van der Waals surface area contributed by atoms with Gasteiger partial charge in [-0.25, -0.2) is 4.39 Å². The summed E-state index contributed by atoms with van der Waals surface area (Å²) in [7, 11) is 3.14. The van der Waals surface area contributed by atoms with Gasteiger partial charge in [-0.15, -0.1) is 12.4 Å². The van der Waals surface area contributed by atoms with E-state index in [1.54, 1.807) is 24.1 Å². The van der Waals surface area contributed by atoms with E-state index in [-0.39, 0.29) is 24.1 Å². The van der Waals surface area contributed by atoms with Crippen molar-refractivity contribution in [1.82, 2.24) is 5.32 Å². The molecule has 2 atom stereocenters. The molecule has 23 heavy (non-hydrogen) atoms. The van der Waals surface area contributed by atoms with Gasteiger partial charge in [-0.05, 0) is 43.7 Å². The van der Waals surface area contributed by atoms with E-state index in [1.807, 2.05) is 0 Å². The number of halogens is 2. The molecule has 1 N–H and O–H groups in total. The number of ether oxygens (including phenoxy) is 1. The number of fused-ring (bicyclic) bond motifs is 2. The normalized spacial score (nSPS) is 25.6. The number of benzene rings is 1. The Morgan fingerprint density at radius 3 is 2.57 bits per heavy atom. The minimum atomic E-state index is -0.445. The van der Waals surface area contributed by atoms with Crippen LogP contribution in [0.25, 0.3) is 0 Å². The maximum Gasteiger partial charge on any atom is 0.226 e. The maximum atomic E-state index is 13.8. The van der Waals surface area contributed by atoms with Gasteiger partial charge < -0.3 is 15.0 Å². The van der Waals surface area contributed by atoms with Crippen LogP contribution in [0.1, 0.15) is 32.1 Å². The number of carbonyl (C=O) groups excluding carboxylic acids is 1. The van der Waals surface area contributed by atoms with Crippen LogP contribution in [0.2, 0.25) is 0 Å². The molecule has 2 bridgehead atoms. The van der Waals surface area contributed by atoms with Gasteiger partial charge in [0.2, 0.25) is 5.91 Å². The summed E-state index contributed by atoms with van der Waals surface area (Å²) in [6, 6.07) is 5.79. The maximum absolute atomic E-state index is 13.8. The standard InChI is InChI=1S/C17H23FN2O2.ClH/c1-20(14-5-6-16(22-2)15(18)10-14)17(21)9-11-7-12-3-4-13(8-11)19-12;/h5-6,10-13,19H,3-4,7-9H2,1-2H3;1H. The molecule has 2 aliphatic rings. The molecular weight excluding hydrogens is 319 g/mol. The largest absolute Gasteiger partial charge is 0.494 e. The van der Waals surface area contributed by atoms with Crippen LogP contribution < -0.4 is 15.0 Å². The van der Waals surface area contributed by atoms with Crippen LogP contribution in [0.5, 0.6) is 5.75 Å². The quantitative estimate of drug-likeness (QED) is 0.914. The molecule has 0 aliphatic carbocycles. The van der Waals surface area contributed by atoms with E-state index in [4.69, 9.17) is 4.74 Å². The van der Waals surface area contributed by atoms with Crippen LogP contribution in [-0.4, -0.2) is 32.1 Å². The molecule has 6 heteroatoms. The first kappa shape index (κ1) is 18.0. The zero-order valence-corrected chi connectivity index (χ0v) is 14.4. The fourth-order valence-electron chi connectivity index (χ4n) is 3.73. The molecule has 128 valence electrons. The van der Waals surface area contributed by atoms with Gasteiger partial charge in [0.25, 0.3) is 0 Å². The van der Waals surface area contributed by atoms with Crippen molar-refractivity contribution in [2.45, 2.75) is 44.2 Å². The van der Waals surface area contributed by atoms with Crippen LogP contribution in [0.4, 0.5) is 10.1 Å². The van der Waals surface area contributed by atoms with Crippen LogP contribution in [0.3, 0.4) is 0 Å². The number of nitrogens with zero attached hydrogens (tertiary/aromatic N) is 1. The third-order valence-electron chi connectivity index (χ3n) is 4.93. The van der Waals surface area contributed by atoms with Gasteiger partial charge >= 0.3 is 0 Å². The first-order valence-electron chi connectivity index (χ1n) is 7.93. The number of anilines is 1. The fraction of sp³-hybridized carbons (Fsp3) is 0.588. The Labute approximate surface area is 142 Å². The van der Waals surface area contributed by atoms with E-state index in [0.717, 1.165) is 12.8 Å². The smallest absolute Gasteiger partial charge is 0.226 e. The lowest BCUT2D eigenvalue weighted by Gasteiger charge is -2.30. The second kappa shape index (κ2) is 7.49. The van der Waals surface area contributed by atoms with Gasteiger partial charge in [-0.1, -0.05) is 0 Å². The van der Waals surface area contributed by atoms with Crippen LogP contribution in [0.15, 0.2) is 18.2 Å². The molecule has 0 saturated carbocycles. The molecular formula is C17H24ClFN2O2. The SMILES string of the molecule is COc1ccc(N(C)C(=O)CC2CC3CCC(C2)N3)cc1F.Cl. The summed E-state index contributed by atoms with van der Waals surface area (Å²) in [5, 5.41) is 3.59. The van der Waals surface area contributed by atoms with Crippen molar-refractivity contribution in [2.75, 3.05) is 19.1 Å². The van der Waals surface area contributed by atoms with Crippen LogP contribution >= 0.6 is 12.4 Å². The third kappa shape index (κ3) is 3.96. The predicted octanol–water partition coefficient (Wildman–Crippen LogP) is 3.14. The average molecular weight is 343 g/mol. The highest BCUT2D eigenvalue weighted by Crippen LogP contribution is 2.33. The number of piperidine rings is 1. The molecule has 1 aromatic rings. The van der Waals surface area contributed by atoms with Crippen molar-refractivity contribution in [3.63, 3.8) is 0 Å². The summed E-state index contributed by atoms with van der Waals surface area (Å²) in [6.45, 7) is 0. The summed E-state index contributed by atoms with van der Waals surface area (Å²) < 4.78 is 18.7. The highest BCUT2D eigenvalue weighted by atomic mass is 35.5. The molecule has 0 radical (unpaired) electrons. The molecule has 2 saturated heterocycles. The second-order valence-corrected chi connectivity index (χ2v) is 6.45. The van der Waals surface area contributed by atoms with Crippen molar-refractivity contribution < 1.29 is 13.9 Å². The lowest BCUT2D eigenvalue weighted by Crippen LogP contribution is -2.40. The predicted molar refractivity (Wildman–Crippen MR) is 90.9 cm³/mol. The molecule has 0 aromatic heterocycles. The number of carbonyl (C=O) groups is 1. The number of nitrogens with one attached hydrogen (secondary N) is 1. The zero-order chi connectivity index (χ0) is 15.7. The van der Waals surface area contributed by atoms with E-state index >= 15 is 0 Å².